The lowest BCUT2D eigenvalue weighted by molar-refractivity contribution is 0.186. The van der Waals surface area contributed by atoms with Gasteiger partial charge in [0, 0.05) is 25.8 Å². The molecular formula is C14H21N3O. The molecule has 1 atom stereocenters. The van der Waals surface area contributed by atoms with E-state index in [2.05, 4.69) is 41.7 Å². The van der Waals surface area contributed by atoms with Gasteiger partial charge in [-0.25, -0.2) is 4.98 Å². The lowest BCUT2D eigenvalue weighted by Crippen LogP contribution is -2.56. The lowest BCUT2D eigenvalue weighted by Gasteiger charge is -2.43. The standard InChI is InChI=1S/C14H21N3O/c1-10(2)11-6-13-14(15-7-11)17-5-4-16(3)8-12(17)9-18-13/h6-7,10,12H,4-5,8-9H2,1-3H3. The van der Waals surface area contributed by atoms with Crippen molar-refractivity contribution in [2.45, 2.75) is 25.8 Å². The molecule has 0 spiro atoms. The van der Waals surface area contributed by atoms with E-state index >= 15 is 0 Å². The summed E-state index contributed by atoms with van der Waals surface area (Å²) in [7, 11) is 2.17. The summed E-state index contributed by atoms with van der Waals surface area (Å²) in [5, 5.41) is 0. The first-order valence-electron chi connectivity index (χ1n) is 6.73. The highest BCUT2D eigenvalue weighted by Gasteiger charge is 2.32. The first kappa shape index (κ1) is 11.8. The highest BCUT2D eigenvalue weighted by molar-refractivity contribution is 5.56. The number of rotatable bonds is 1. The highest BCUT2D eigenvalue weighted by Crippen LogP contribution is 2.34. The number of ether oxygens (including phenoxy) is 1. The molecule has 3 heterocycles. The van der Waals surface area contributed by atoms with Crippen LogP contribution in [0.3, 0.4) is 0 Å². The van der Waals surface area contributed by atoms with Crippen LogP contribution in [0.2, 0.25) is 0 Å². The average molecular weight is 247 g/mol. The zero-order chi connectivity index (χ0) is 12.7. The number of anilines is 1. The molecule has 0 amide bonds. The quantitative estimate of drug-likeness (QED) is 0.755. The molecule has 0 saturated carbocycles. The van der Waals surface area contributed by atoms with Crippen molar-refractivity contribution >= 4 is 5.82 Å². The lowest BCUT2D eigenvalue weighted by atomic mass is 10.0. The van der Waals surface area contributed by atoms with Crippen molar-refractivity contribution in [2.75, 3.05) is 38.2 Å². The molecule has 0 bridgehead atoms. The summed E-state index contributed by atoms with van der Waals surface area (Å²) in [6.45, 7) is 8.36. The molecule has 4 heteroatoms. The van der Waals surface area contributed by atoms with Gasteiger partial charge in [-0.15, -0.1) is 0 Å². The fourth-order valence-electron chi connectivity index (χ4n) is 2.71. The minimum absolute atomic E-state index is 0.452. The number of fused-ring (bicyclic) bond motifs is 3. The van der Waals surface area contributed by atoms with Crippen LogP contribution in [0.25, 0.3) is 0 Å². The Bertz CT molecular complexity index is 447. The van der Waals surface area contributed by atoms with Crippen LogP contribution in [0.1, 0.15) is 25.3 Å². The molecule has 1 fully saturated rings. The Balaban J connectivity index is 1.91. The zero-order valence-electron chi connectivity index (χ0n) is 11.4. The van der Waals surface area contributed by atoms with Crippen molar-refractivity contribution in [1.82, 2.24) is 9.88 Å². The van der Waals surface area contributed by atoms with Crippen LogP contribution >= 0.6 is 0 Å². The minimum Gasteiger partial charge on any atom is -0.487 e. The summed E-state index contributed by atoms with van der Waals surface area (Å²) >= 11 is 0. The van der Waals surface area contributed by atoms with Crippen LogP contribution in [-0.4, -0.2) is 49.2 Å². The van der Waals surface area contributed by atoms with E-state index in [1.165, 1.54) is 5.56 Å². The first-order valence-corrected chi connectivity index (χ1v) is 6.73. The van der Waals surface area contributed by atoms with Crippen LogP contribution in [0.4, 0.5) is 5.82 Å². The summed E-state index contributed by atoms with van der Waals surface area (Å²) in [6, 6.07) is 2.61. The Labute approximate surface area is 109 Å². The van der Waals surface area contributed by atoms with Gasteiger partial charge in [0.25, 0.3) is 0 Å². The van der Waals surface area contributed by atoms with Crippen LogP contribution in [-0.2, 0) is 0 Å². The van der Waals surface area contributed by atoms with Crippen molar-refractivity contribution in [2.24, 2.45) is 0 Å². The van der Waals surface area contributed by atoms with E-state index in [0.717, 1.165) is 37.8 Å². The van der Waals surface area contributed by atoms with Crippen molar-refractivity contribution in [3.05, 3.63) is 17.8 Å². The molecular weight excluding hydrogens is 226 g/mol. The van der Waals surface area contributed by atoms with Crippen LogP contribution in [0, 0.1) is 0 Å². The Kier molecular flexibility index (Phi) is 2.90. The maximum Gasteiger partial charge on any atom is 0.171 e. The van der Waals surface area contributed by atoms with Crippen molar-refractivity contribution in [1.29, 1.82) is 0 Å². The molecule has 4 nitrogen and oxygen atoms in total. The SMILES string of the molecule is CC(C)c1cnc2c(c1)OCC1CN(C)CCN21. The van der Waals surface area contributed by atoms with Gasteiger partial charge in [-0.3, -0.25) is 0 Å². The van der Waals surface area contributed by atoms with E-state index < -0.39 is 0 Å². The first-order chi connectivity index (χ1) is 8.65. The smallest absolute Gasteiger partial charge is 0.171 e. The zero-order valence-corrected chi connectivity index (χ0v) is 11.4. The number of pyridine rings is 1. The van der Waals surface area contributed by atoms with Gasteiger partial charge in [-0.05, 0) is 24.6 Å². The molecule has 1 unspecified atom stereocenters. The molecule has 1 saturated heterocycles. The Hall–Kier alpha value is -1.29. The van der Waals surface area contributed by atoms with Crippen LogP contribution in [0.5, 0.6) is 5.75 Å². The Morgan fingerprint density at radius 1 is 1.39 bits per heavy atom. The summed E-state index contributed by atoms with van der Waals surface area (Å²) in [4.78, 5) is 9.40. The van der Waals surface area contributed by atoms with Gasteiger partial charge in [0.15, 0.2) is 11.6 Å². The average Bonchev–Trinajstić information content (AvgIpc) is 2.37. The topological polar surface area (TPSA) is 28.6 Å². The second kappa shape index (κ2) is 4.43. The Morgan fingerprint density at radius 2 is 2.22 bits per heavy atom. The predicted molar refractivity (Wildman–Crippen MR) is 72.5 cm³/mol. The molecule has 1 aromatic heterocycles. The predicted octanol–water partition coefficient (Wildman–Crippen LogP) is 1.72. The third kappa shape index (κ3) is 1.94. The van der Waals surface area contributed by atoms with Gasteiger partial charge >= 0.3 is 0 Å². The molecule has 0 radical (unpaired) electrons. The molecule has 2 aliphatic heterocycles. The molecule has 2 aliphatic rings. The number of aromatic nitrogens is 1. The summed E-state index contributed by atoms with van der Waals surface area (Å²) in [5.74, 6) is 2.49. The van der Waals surface area contributed by atoms with Crippen LogP contribution < -0.4 is 9.64 Å². The van der Waals surface area contributed by atoms with E-state index in [1.807, 2.05) is 6.20 Å². The molecule has 98 valence electrons. The van der Waals surface area contributed by atoms with Gasteiger partial charge in [0.1, 0.15) is 6.61 Å². The largest absolute Gasteiger partial charge is 0.487 e. The number of likely N-dealkylation sites (N-methyl/N-ethyl adjacent to an activating group) is 1. The molecule has 0 aliphatic carbocycles. The summed E-state index contributed by atoms with van der Waals surface area (Å²) in [6.07, 6.45) is 1.99. The maximum atomic E-state index is 5.90. The molecule has 1 aromatic rings. The van der Waals surface area contributed by atoms with E-state index in [0.29, 0.717) is 12.0 Å². The van der Waals surface area contributed by atoms with Crippen molar-refractivity contribution in [3.63, 3.8) is 0 Å². The van der Waals surface area contributed by atoms with E-state index in [4.69, 9.17) is 4.74 Å². The van der Waals surface area contributed by atoms with Gasteiger partial charge in [-0.1, -0.05) is 13.8 Å². The normalized spacial score (nSPS) is 23.6. The number of hydrogen-bond acceptors (Lipinski definition) is 4. The van der Waals surface area contributed by atoms with Gasteiger partial charge in [0.2, 0.25) is 0 Å². The third-order valence-corrected chi connectivity index (χ3v) is 3.91. The molecule has 0 aromatic carbocycles. The monoisotopic (exact) mass is 247 g/mol. The number of nitrogens with zero attached hydrogens (tertiary/aromatic N) is 3. The van der Waals surface area contributed by atoms with Crippen LogP contribution in [0.15, 0.2) is 12.3 Å². The minimum atomic E-state index is 0.452. The second-order valence-electron chi connectivity index (χ2n) is 5.67. The van der Waals surface area contributed by atoms with Crippen molar-refractivity contribution < 1.29 is 4.74 Å². The fourth-order valence-corrected chi connectivity index (χ4v) is 2.71. The molecule has 3 rings (SSSR count). The Morgan fingerprint density at radius 3 is 3.00 bits per heavy atom. The maximum absolute atomic E-state index is 5.90. The number of piperazine rings is 1. The number of hydrogen-bond donors (Lipinski definition) is 0. The molecule has 18 heavy (non-hydrogen) atoms. The van der Waals surface area contributed by atoms with E-state index in [1.54, 1.807) is 0 Å². The van der Waals surface area contributed by atoms with Crippen molar-refractivity contribution in [3.8, 4) is 5.75 Å². The van der Waals surface area contributed by atoms with E-state index in [-0.39, 0.29) is 0 Å². The summed E-state index contributed by atoms with van der Waals surface area (Å²) < 4.78 is 5.90. The van der Waals surface area contributed by atoms with Gasteiger partial charge < -0.3 is 14.5 Å². The van der Waals surface area contributed by atoms with E-state index in [9.17, 15) is 0 Å². The van der Waals surface area contributed by atoms with Gasteiger partial charge in [-0.2, -0.15) is 0 Å². The highest BCUT2D eigenvalue weighted by atomic mass is 16.5. The van der Waals surface area contributed by atoms with Gasteiger partial charge in [0.05, 0.1) is 6.04 Å². The second-order valence-corrected chi connectivity index (χ2v) is 5.67. The summed E-state index contributed by atoms with van der Waals surface area (Å²) in [5.41, 5.74) is 1.25. The molecule has 0 N–H and O–H groups in total. The fraction of sp³-hybridized carbons (Fsp3) is 0.643. The third-order valence-electron chi connectivity index (χ3n) is 3.91.